The molecule has 2 unspecified atom stereocenters. The van der Waals surface area contributed by atoms with Crippen LogP contribution in [0.2, 0.25) is 5.02 Å². The molecule has 0 spiro atoms. The lowest BCUT2D eigenvalue weighted by atomic mass is 9.77. The molecular formula is C49H64ClF3N6O8S. The monoisotopic (exact) mass is 988 g/mol. The molecule has 5 aliphatic rings. The molecule has 3 aromatic rings. The number of nitrogens with zero attached hydrogens (tertiary/aromatic N) is 5. The van der Waals surface area contributed by atoms with Crippen LogP contribution in [0.15, 0.2) is 23.6 Å². The number of carbonyl (C=O) groups is 4. The van der Waals surface area contributed by atoms with E-state index in [1.807, 2.05) is 51.8 Å². The summed E-state index contributed by atoms with van der Waals surface area (Å²) in [6, 6.07) is 4.35. The average molecular weight is 990 g/mol. The Balaban J connectivity index is 1.06. The van der Waals surface area contributed by atoms with Gasteiger partial charge in [0, 0.05) is 68.4 Å². The van der Waals surface area contributed by atoms with Crippen LogP contribution in [0.3, 0.4) is 0 Å². The van der Waals surface area contributed by atoms with Crippen molar-refractivity contribution >= 4 is 62.6 Å². The number of benzene rings is 1. The Morgan fingerprint density at radius 3 is 2.31 bits per heavy atom. The van der Waals surface area contributed by atoms with Crippen molar-refractivity contribution in [1.82, 2.24) is 24.7 Å². The summed E-state index contributed by atoms with van der Waals surface area (Å²) in [7, 11) is 0. The minimum Gasteiger partial charge on any atom is -0.491 e. The second-order valence-electron chi connectivity index (χ2n) is 21.1. The summed E-state index contributed by atoms with van der Waals surface area (Å²) in [5.74, 6) is -1.25. The van der Waals surface area contributed by atoms with E-state index < -0.39 is 53.6 Å². The van der Waals surface area contributed by atoms with Crippen LogP contribution in [0.4, 0.5) is 18.3 Å². The first-order chi connectivity index (χ1) is 32.1. The van der Waals surface area contributed by atoms with Gasteiger partial charge in [-0.2, -0.15) is 13.2 Å². The van der Waals surface area contributed by atoms with Gasteiger partial charge in [-0.15, -0.1) is 11.3 Å². The summed E-state index contributed by atoms with van der Waals surface area (Å²) in [5, 5.41) is 16.9. The Morgan fingerprint density at radius 1 is 0.971 bits per heavy atom. The molecule has 5 fully saturated rings. The number of anilines is 1. The van der Waals surface area contributed by atoms with E-state index in [2.05, 4.69) is 5.32 Å². The Kier molecular flexibility index (Phi) is 14.6. The number of carboxylic acids is 1. The van der Waals surface area contributed by atoms with Crippen molar-refractivity contribution in [2.75, 3.05) is 57.7 Å². The van der Waals surface area contributed by atoms with Gasteiger partial charge in [-0.05, 0) is 74.8 Å². The number of ether oxygens (including phenoxy) is 3. The van der Waals surface area contributed by atoms with Gasteiger partial charge in [0.05, 0.1) is 48.1 Å². The number of amides is 1. The topological polar surface area (TPSA) is 164 Å². The first-order valence-corrected chi connectivity index (χ1v) is 25.3. The molecule has 1 amide bonds. The molecule has 8 atom stereocenters. The van der Waals surface area contributed by atoms with Crippen molar-refractivity contribution < 1.29 is 51.7 Å². The van der Waals surface area contributed by atoms with Gasteiger partial charge < -0.3 is 29.5 Å². The Labute approximate surface area is 404 Å². The van der Waals surface area contributed by atoms with Crippen molar-refractivity contribution in [3.63, 3.8) is 0 Å². The number of hydrogen-bond donors (Lipinski definition) is 2. The van der Waals surface area contributed by atoms with Gasteiger partial charge in [0.1, 0.15) is 41.0 Å². The lowest BCUT2D eigenvalue weighted by Crippen LogP contribution is -2.49. The van der Waals surface area contributed by atoms with E-state index in [0.717, 1.165) is 12.8 Å². The fourth-order valence-electron chi connectivity index (χ4n) is 10.6. The van der Waals surface area contributed by atoms with E-state index in [4.69, 9.17) is 35.8 Å². The van der Waals surface area contributed by atoms with E-state index in [1.165, 1.54) is 27.6 Å². The van der Waals surface area contributed by atoms with Gasteiger partial charge in [-0.3, -0.25) is 29.0 Å². The number of ketones is 1. The molecule has 8 rings (SSSR count). The molecule has 2 aliphatic heterocycles. The van der Waals surface area contributed by atoms with Crippen LogP contribution >= 0.6 is 22.9 Å². The molecule has 19 heteroatoms. The number of likely N-dealkylation sites (tertiary alicyclic amines) is 1. The summed E-state index contributed by atoms with van der Waals surface area (Å²) >= 11 is 8.52. The van der Waals surface area contributed by atoms with Gasteiger partial charge in [-0.1, -0.05) is 45.7 Å². The predicted molar refractivity (Wildman–Crippen MR) is 252 cm³/mol. The second kappa shape index (κ2) is 19.9. The maximum absolute atomic E-state index is 14.9. The minimum atomic E-state index is -4.24. The highest BCUT2D eigenvalue weighted by Crippen LogP contribution is 2.58. The Bertz CT molecular complexity index is 2360. The number of esters is 1. The zero-order valence-corrected chi connectivity index (χ0v) is 41.3. The highest BCUT2D eigenvalue weighted by atomic mass is 35.5. The fraction of sp³-hybridized carbons (Fsp3) is 0.673. The van der Waals surface area contributed by atoms with Gasteiger partial charge in [0.2, 0.25) is 5.91 Å². The molecule has 372 valence electrons. The summed E-state index contributed by atoms with van der Waals surface area (Å²) in [5.41, 5.74) is -0.526. The SMILES string of the molecule is CC[C@@H]1CC1(CC(=O)[C@@H]1C[C@@H](Oc2cc(-c3csc(NC(C)C)n3)nc3c(Cl)c(OCCN4CCN(CC(F)(F)F)CC4)ccc23)CN1C(=O)[C@@H](CC(=O)OC1C[C@@H]2C[C@@H]2C1)C(C)(C)C)C(=O)O. The standard InChI is InChI=1S/C49H64ClF3N6O8S/c1-7-30-22-48(30,45(63)64)23-38(60)37-19-32(24-59(37)44(62)34(47(4,5)6)20-41(61)67-31-17-28-16-29(28)18-31)66-40-21-35(36-25-68-46(56-36)54-27(2)3)55-43-33(40)8-9-39(42(43)50)65-15-14-57-10-12-58(13-11-57)26-49(51,52)53/h8-9,21,25,27-32,34,37H,7,10-20,22-24,26H2,1-6H3,(H,54,56)(H,63,64)/t28-,29+,30-,31?,32-,34-,37+,48?/m1/s1. The van der Waals surface area contributed by atoms with Crippen molar-refractivity contribution in [1.29, 1.82) is 0 Å². The summed E-state index contributed by atoms with van der Waals surface area (Å²) in [4.78, 5) is 70.2. The number of thiazole rings is 1. The average Bonchev–Trinajstić information content (AvgIpc) is 3.93. The van der Waals surface area contributed by atoms with Crippen molar-refractivity contribution in [3.05, 3.63) is 28.6 Å². The molecule has 0 bridgehead atoms. The van der Waals surface area contributed by atoms with Crippen LogP contribution in [-0.4, -0.2) is 136 Å². The number of Topliss-reactive ketones (excluding diaryl/α,β-unsaturated/α-hetero) is 1. The third-order valence-corrected chi connectivity index (χ3v) is 15.8. The van der Waals surface area contributed by atoms with Gasteiger partial charge >= 0.3 is 18.1 Å². The van der Waals surface area contributed by atoms with Crippen molar-refractivity contribution in [2.45, 2.75) is 123 Å². The van der Waals surface area contributed by atoms with Crippen molar-refractivity contribution in [2.24, 2.45) is 34.5 Å². The molecular weight excluding hydrogens is 925 g/mol. The quantitative estimate of drug-likeness (QED) is 0.110. The number of aliphatic carboxylic acids is 1. The maximum Gasteiger partial charge on any atom is 0.401 e. The largest absolute Gasteiger partial charge is 0.491 e. The number of rotatable bonds is 19. The fourth-order valence-corrected chi connectivity index (χ4v) is 11.7. The number of nitrogens with one attached hydrogen (secondary N) is 1. The van der Waals surface area contributed by atoms with Gasteiger partial charge in [-0.25, -0.2) is 9.97 Å². The molecule has 4 heterocycles. The molecule has 3 saturated carbocycles. The van der Waals surface area contributed by atoms with Crippen LogP contribution < -0.4 is 14.8 Å². The van der Waals surface area contributed by atoms with E-state index in [9.17, 15) is 37.5 Å². The smallest absolute Gasteiger partial charge is 0.401 e. The number of aromatic nitrogens is 2. The number of pyridine rings is 1. The summed E-state index contributed by atoms with van der Waals surface area (Å²) in [6.07, 6.45) is -1.56. The molecule has 1 aromatic carbocycles. The molecule has 2 N–H and O–H groups in total. The normalized spacial score (nSPS) is 26.7. The number of carbonyl (C=O) groups excluding carboxylic acids is 3. The number of fused-ring (bicyclic) bond motifs is 2. The predicted octanol–water partition coefficient (Wildman–Crippen LogP) is 8.59. The number of hydrogen-bond acceptors (Lipinski definition) is 13. The Hall–Kier alpha value is -4.26. The highest BCUT2D eigenvalue weighted by Gasteiger charge is 2.61. The molecule has 0 radical (unpaired) electrons. The summed E-state index contributed by atoms with van der Waals surface area (Å²) < 4.78 is 57.8. The lowest BCUT2D eigenvalue weighted by molar-refractivity contribution is -0.157. The zero-order valence-electron chi connectivity index (χ0n) is 39.7. The first kappa shape index (κ1) is 50.1. The van der Waals surface area contributed by atoms with Gasteiger partial charge in [0.15, 0.2) is 10.9 Å². The lowest BCUT2D eigenvalue weighted by Gasteiger charge is -2.35. The molecule has 3 aliphatic carbocycles. The molecule has 68 heavy (non-hydrogen) atoms. The molecule has 2 saturated heterocycles. The molecule has 14 nitrogen and oxygen atoms in total. The number of carboxylic acid groups (broad SMARTS) is 1. The molecule has 2 aromatic heterocycles. The zero-order chi connectivity index (χ0) is 48.9. The van der Waals surface area contributed by atoms with E-state index >= 15 is 0 Å². The Morgan fingerprint density at radius 2 is 1.68 bits per heavy atom. The van der Waals surface area contributed by atoms with E-state index in [1.54, 1.807) is 18.2 Å². The minimum absolute atomic E-state index is 0.00215. The van der Waals surface area contributed by atoms with Gasteiger partial charge in [0.25, 0.3) is 0 Å². The van der Waals surface area contributed by atoms with E-state index in [-0.39, 0.29) is 67.2 Å². The van der Waals surface area contributed by atoms with Crippen molar-refractivity contribution in [3.8, 4) is 22.9 Å². The number of alkyl halides is 3. The van der Waals surface area contributed by atoms with Crippen LogP contribution in [0.25, 0.3) is 22.3 Å². The van der Waals surface area contributed by atoms with Crippen LogP contribution in [0.1, 0.15) is 92.9 Å². The third-order valence-electron chi connectivity index (χ3n) is 14.6. The van der Waals surface area contributed by atoms with Crippen LogP contribution in [-0.2, 0) is 23.9 Å². The van der Waals surface area contributed by atoms with Crippen LogP contribution in [0.5, 0.6) is 11.5 Å². The van der Waals surface area contributed by atoms with E-state index in [0.29, 0.717) is 96.3 Å². The third kappa shape index (κ3) is 11.5. The first-order valence-electron chi connectivity index (χ1n) is 24.0. The van der Waals surface area contributed by atoms with Crippen LogP contribution in [0, 0.1) is 34.5 Å². The highest BCUT2D eigenvalue weighted by molar-refractivity contribution is 7.14. The number of halogens is 4. The summed E-state index contributed by atoms with van der Waals surface area (Å²) in [6.45, 7) is 12.9. The number of piperazine rings is 1. The maximum atomic E-state index is 14.9. The second-order valence-corrected chi connectivity index (χ2v) is 22.3.